The van der Waals surface area contributed by atoms with Gasteiger partial charge in [-0.15, -0.1) is 0 Å². The Morgan fingerprint density at radius 2 is 1.92 bits per heavy atom. The van der Waals surface area contributed by atoms with Crippen LogP contribution in [0.25, 0.3) is 0 Å². The van der Waals surface area contributed by atoms with E-state index in [1.165, 1.54) is 4.68 Å². The molecule has 1 aromatic heterocycles. The number of rotatable bonds is 4. The van der Waals surface area contributed by atoms with Crippen molar-refractivity contribution >= 4 is 5.91 Å². The summed E-state index contributed by atoms with van der Waals surface area (Å²) in [5.41, 5.74) is 0.791. The second-order valence-corrected chi connectivity index (χ2v) is 7.01. The van der Waals surface area contributed by atoms with Crippen LogP contribution in [0.1, 0.15) is 43.1 Å². The van der Waals surface area contributed by atoms with Gasteiger partial charge in [-0.2, -0.15) is 5.10 Å². The van der Waals surface area contributed by atoms with Crippen LogP contribution < -0.4 is 10.4 Å². The highest BCUT2D eigenvalue weighted by atomic mass is 16.5. The Balaban J connectivity index is 1.61. The van der Waals surface area contributed by atoms with E-state index in [1.54, 1.807) is 11.7 Å². The SMILES string of the molecule is COc1ccc(Cn2nc3n(c2=O)[C@@H](C(=O)N2CCCC2)CCC3)cc1. The van der Waals surface area contributed by atoms with Crippen molar-refractivity contribution in [3.63, 3.8) is 0 Å². The standard InChI is InChI=1S/C19H24N4O3/c1-26-15-9-7-14(8-10-15)13-22-19(25)23-16(5-4-6-17(23)20-22)18(24)21-11-2-3-12-21/h7-10,16H,2-6,11-13H2,1H3/t16-/m1/s1. The molecule has 1 atom stereocenters. The molecule has 1 aromatic carbocycles. The molecule has 0 radical (unpaired) electrons. The molecule has 1 fully saturated rings. The summed E-state index contributed by atoms with van der Waals surface area (Å²) in [5.74, 6) is 1.59. The number of hydrogen-bond acceptors (Lipinski definition) is 4. The molecule has 0 aliphatic carbocycles. The summed E-state index contributed by atoms with van der Waals surface area (Å²) in [6.07, 6.45) is 4.46. The van der Waals surface area contributed by atoms with E-state index in [2.05, 4.69) is 5.10 Å². The average Bonchev–Trinajstić information content (AvgIpc) is 3.31. The molecule has 138 valence electrons. The van der Waals surface area contributed by atoms with Crippen molar-refractivity contribution in [1.82, 2.24) is 19.2 Å². The fourth-order valence-electron chi connectivity index (χ4n) is 3.92. The quantitative estimate of drug-likeness (QED) is 0.834. The highest BCUT2D eigenvalue weighted by Crippen LogP contribution is 2.25. The Labute approximate surface area is 152 Å². The lowest BCUT2D eigenvalue weighted by molar-refractivity contribution is -0.134. The smallest absolute Gasteiger partial charge is 0.346 e. The predicted octanol–water partition coefficient (Wildman–Crippen LogP) is 1.60. The summed E-state index contributed by atoms with van der Waals surface area (Å²) < 4.78 is 8.28. The summed E-state index contributed by atoms with van der Waals surface area (Å²) in [6, 6.07) is 7.20. The van der Waals surface area contributed by atoms with Gasteiger partial charge in [-0.05, 0) is 43.4 Å². The molecule has 7 nitrogen and oxygen atoms in total. The van der Waals surface area contributed by atoms with E-state index in [1.807, 2.05) is 29.2 Å². The van der Waals surface area contributed by atoms with Crippen LogP contribution in [0.15, 0.2) is 29.1 Å². The summed E-state index contributed by atoms with van der Waals surface area (Å²) >= 11 is 0. The van der Waals surface area contributed by atoms with E-state index in [4.69, 9.17) is 4.74 Å². The first kappa shape index (κ1) is 16.9. The third-order valence-corrected chi connectivity index (χ3v) is 5.32. The zero-order valence-electron chi connectivity index (χ0n) is 15.1. The van der Waals surface area contributed by atoms with Crippen LogP contribution in [-0.4, -0.2) is 45.4 Å². The molecular weight excluding hydrogens is 332 g/mol. The molecule has 3 heterocycles. The van der Waals surface area contributed by atoms with Crippen molar-refractivity contribution in [2.75, 3.05) is 20.2 Å². The molecule has 2 aliphatic heterocycles. The van der Waals surface area contributed by atoms with Crippen LogP contribution >= 0.6 is 0 Å². The maximum atomic E-state index is 12.9. The molecule has 0 N–H and O–H groups in total. The minimum atomic E-state index is -0.394. The second-order valence-electron chi connectivity index (χ2n) is 7.01. The average molecular weight is 356 g/mol. The van der Waals surface area contributed by atoms with E-state index < -0.39 is 6.04 Å². The number of carbonyl (C=O) groups is 1. The molecule has 1 saturated heterocycles. The molecule has 0 saturated carbocycles. The molecule has 2 aromatic rings. The molecule has 4 rings (SSSR count). The highest BCUT2D eigenvalue weighted by Gasteiger charge is 2.34. The monoisotopic (exact) mass is 356 g/mol. The fourth-order valence-corrected chi connectivity index (χ4v) is 3.92. The van der Waals surface area contributed by atoms with Crippen molar-refractivity contribution in [3.05, 3.63) is 46.1 Å². The number of ether oxygens (including phenoxy) is 1. The molecular formula is C19H24N4O3. The van der Waals surface area contributed by atoms with Crippen molar-refractivity contribution in [2.24, 2.45) is 0 Å². The topological polar surface area (TPSA) is 69.4 Å². The van der Waals surface area contributed by atoms with E-state index >= 15 is 0 Å². The van der Waals surface area contributed by atoms with Gasteiger partial charge in [0.15, 0.2) is 0 Å². The maximum absolute atomic E-state index is 12.9. The van der Waals surface area contributed by atoms with E-state index in [0.717, 1.165) is 62.3 Å². The first-order valence-corrected chi connectivity index (χ1v) is 9.27. The zero-order chi connectivity index (χ0) is 18.1. The zero-order valence-corrected chi connectivity index (χ0v) is 15.1. The molecule has 1 amide bonds. The number of aromatic nitrogens is 3. The van der Waals surface area contributed by atoms with Crippen molar-refractivity contribution < 1.29 is 9.53 Å². The minimum absolute atomic E-state index is 0.0783. The van der Waals surface area contributed by atoms with Crippen LogP contribution in [-0.2, 0) is 17.8 Å². The van der Waals surface area contributed by atoms with Crippen LogP contribution in [0.5, 0.6) is 5.75 Å². The van der Waals surface area contributed by atoms with Gasteiger partial charge in [0.25, 0.3) is 0 Å². The van der Waals surface area contributed by atoms with Gasteiger partial charge in [-0.3, -0.25) is 9.36 Å². The number of likely N-dealkylation sites (tertiary alicyclic amines) is 1. The molecule has 0 unspecified atom stereocenters. The van der Waals surface area contributed by atoms with E-state index in [9.17, 15) is 9.59 Å². The molecule has 0 bridgehead atoms. The third-order valence-electron chi connectivity index (χ3n) is 5.32. The first-order valence-electron chi connectivity index (χ1n) is 9.27. The van der Waals surface area contributed by atoms with E-state index in [-0.39, 0.29) is 11.6 Å². The van der Waals surface area contributed by atoms with E-state index in [0.29, 0.717) is 6.54 Å². The predicted molar refractivity (Wildman–Crippen MR) is 96.4 cm³/mol. The van der Waals surface area contributed by atoms with Gasteiger partial charge in [0.2, 0.25) is 5.91 Å². The van der Waals surface area contributed by atoms with Gasteiger partial charge in [0.05, 0.1) is 13.7 Å². The van der Waals surface area contributed by atoms with Crippen LogP contribution in [0.4, 0.5) is 0 Å². The van der Waals surface area contributed by atoms with Crippen molar-refractivity contribution in [2.45, 2.75) is 44.7 Å². The number of carbonyl (C=O) groups excluding carboxylic acids is 1. The minimum Gasteiger partial charge on any atom is -0.497 e. The summed E-state index contributed by atoms with van der Waals surface area (Å²) in [4.78, 5) is 27.7. The molecule has 26 heavy (non-hydrogen) atoms. The van der Waals surface area contributed by atoms with Crippen LogP contribution in [0.3, 0.4) is 0 Å². The van der Waals surface area contributed by atoms with Crippen molar-refractivity contribution in [3.8, 4) is 5.75 Å². The number of nitrogens with zero attached hydrogens (tertiary/aromatic N) is 4. The number of fused-ring (bicyclic) bond motifs is 1. The highest BCUT2D eigenvalue weighted by molar-refractivity contribution is 5.80. The largest absolute Gasteiger partial charge is 0.497 e. The number of hydrogen-bond donors (Lipinski definition) is 0. The lowest BCUT2D eigenvalue weighted by Crippen LogP contribution is -2.41. The van der Waals surface area contributed by atoms with Gasteiger partial charge in [-0.25, -0.2) is 9.48 Å². The summed E-state index contributed by atoms with van der Waals surface area (Å²) in [7, 11) is 1.63. The lowest BCUT2D eigenvalue weighted by Gasteiger charge is -2.27. The molecule has 2 aliphatic rings. The number of benzene rings is 1. The van der Waals surface area contributed by atoms with Crippen molar-refractivity contribution in [1.29, 1.82) is 0 Å². The Morgan fingerprint density at radius 1 is 1.19 bits per heavy atom. The van der Waals surface area contributed by atoms with Gasteiger partial charge in [-0.1, -0.05) is 12.1 Å². The Kier molecular flexibility index (Phi) is 4.53. The van der Waals surface area contributed by atoms with Gasteiger partial charge < -0.3 is 9.64 Å². The van der Waals surface area contributed by atoms with Gasteiger partial charge in [0, 0.05) is 19.5 Å². The normalized spacial score (nSPS) is 19.4. The van der Waals surface area contributed by atoms with Crippen LogP contribution in [0.2, 0.25) is 0 Å². The molecule has 7 heteroatoms. The number of methoxy groups -OCH3 is 1. The Hall–Kier alpha value is -2.57. The first-order chi connectivity index (χ1) is 12.7. The third kappa shape index (κ3) is 3.02. The number of aryl methyl sites for hydroxylation is 1. The fraction of sp³-hybridized carbons (Fsp3) is 0.526. The Morgan fingerprint density at radius 3 is 2.62 bits per heavy atom. The summed E-state index contributed by atoms with van der Waals surface area (Å²) in [5, 5.41) is 4.51. The second kappa shape index (κ2) is 6.97. The van der Waals surface area contributed by atoms with Gasteiger partial charge in [0.1, 0.15) is 17.6 Å². The Bertz CT molecular complexity index is 847. The molecule has 0 spiro atoms. The van der Waals surface area contributed by atoms with Gasteiger partial charge >= 0.3 is 5.69 Å². The lowest BCUT2D eigenvalue weighted by atomic mass is 10.0. The summed E-state index contributed by atoms with van der Waals surface area (Å²) in [6.45, 7) is 2.01. The van der Waals surface area contributed by atoms with Crippen LogP contribution in [0, 0.1) is 0 Å². The maximum Gasteiger partial charge on any atom is 0.346 e. The number of amides is 1.